The molecule has 0 spiro atoms. The van der Waals surface area contributed by atoms with E-state index >= 15 is 0 Å². The number of hydrogen-bond acceptors (Lipinski definition) is 3. The van der Waals surface area contributed by atoms with E-state index < -0.39 is 0 Å². The molecule has 0 saturated carbocycles. The average molecular weight is 327 g/mol. The summed E-state index contributed by atoms with van der Waals surface area (Å²) in [7, 11) is 0. The topological polar surface area (TPSA) is 41.6 Å². The zero-order chi connectivity index (χ0) is 17.5. The van der Waals surface area contributed by atoms with Gasteiger partial charge in [-0.1, -0.05) is 26.7 Å². The first-order valence-electron chi connectivity index (χ1n) is 9.42. The number of amides is 1. The number of carbonyl (C=O) groups is 1. The van der Waals surface area contributed by atoms with Gasteiger partial charge in [0, 0.05) is 25.2 Å². The Hall–Kier alpha value is -0.610. The Morgan fingerprint density at radius 3 is 2.22 bits per heavy atom. The molecule has 4 nitrogen and oxygen atoms in total. The van der Waals surface area contributed by atoms with Crippen molar-refractivity contribution in [3.63, 3.8) is 0 Å². The first kappa shape index (κ1) is 20.4. The normalized spacial score (nSPS) is 19.5. The number of ether oxygens (including phenoxy) is 1. The number of carbonyl (C=O) groups excluding carboxylic acids is 1. The Labute approximate surface area is 143 Å². The molecule has 1 aliphatic heterocycles. The third kappa shape index (κ3) is 6.42. The Morgan fingerprint density at radius 1 is 1.17 bits per heavy atom. The van der Waals surface area contributed by atoms with Crippen LogP contribution in [0.5, 0.6) is 0 Å². The van der Waals surface area contributed by atoms with Gasteiger partial charge in [-0.3, -0.25) is 9.69 Å². The van der Waals surface area contributed by atoms with Gasteiger partial charge in [-0.05, 0) is 53.4 Å². The van der Waals surface area contributed by atoms with E-state index in [4.69, 9.17) is 4.74 Å². The van der Waals surface area contributed by atoms with Gasteiger partial charge in [0.2, 0.25) is 5.91 Å². The van der Waals surface area contributed by atoms with Crippen molar-refractivity contribution in [3.8, 4) is 0 Å². The predicted molar refractivity (Wildman–Crippen MR) is 96.7 cm³/mol. The largest absolute Gasteiger partial charge is 0.375 e. The van der Waals surface area contributed by atoms with Crippen LogP contribution in [0.3, 0.4) is 0 Å². The van der Waals surface area contributed by atoms with Crippen LogP contribution in [-0.4, -0.2) is 47.7 Å². The smallest absolute Gasteiger partial charge is 0.237 e. The zero-order valence-electron chi connectivity index (χ0n) is 16.2. The summed E-state index contributed by atoms with van der Waals surface area (Å²) in [5, 5.41) is 3.08. The van der Waals surface area contributed by atoms with Crippen LogP contribution in [0.15, 0.2) is 0 Å². The molecule has 4 heteroatoms. The molecule has 0 aromatic heterocycles. The summed E-state index contributed by atoms with van der Waals surface area (Å²) >= 11 is 0. The van der Waals surface area contributed by atoms with Crippen LogP contribution >= 0.6 is 0 Å². The van der Waals surface area contributed by atoms with Crippen LogP contribution in [0.25, 0.3) is 0 Å². The molecular weight excluding hydrogens is 288 g/mol. The lowest BCUT2D eigenvalue weighted by molar-refractivity contribution is -0.135. The SMILES string of the molecule is CCCC(C)(CCC)OCCCNC(=O)C1CCN1C(C)(C)C. The molecule has 1 saturated heterocycles. The maximum absolute atomic E-state index is 12.3. The second-order valence-corrected chi connectivity index (χ2v) is 8.11. The number of nitrogens with one attached hydrogen (secondary N) is 1. The minimum absolute atomic E-state index is 0.00448. The van der Waals surface area contributed by atoms with Gasteiger partial charge in [0.05, 0.1) is 11.6 Å². The molecule has 1 rings (SSSR count). The Balaban J connectivity index is 2.23. The van der Waals surface area contributed by atoms with Crippen molar-refractivity contribution in [3.05, 3.63) is 0 Å². The third-order valence-corrected chi connectivity index (χ3v) is 4.81. The molecule has 0 aromatic rings. The van der Waals surface area contributed by atoms with E-state index in [-0.39, 0.29) is 23.1 Å². The van der Waals surface area contributed by atoms with Gasteiger partial charge >= 0.3 is 0 Å². The van der Waals surface area contributed by atoms with E-state index in [0.717, 1.165) is 51.7 Å². The van der Waals surface area contributed by atoms with Crippen molar-refractivity contribution in [2.45, 2.75) is 97.2 Å². The Bertz CT molecular complexity index is 357. The molecule has 1 aliphatic rings. The fourth-order valence-electron chi connectivity index (χ4n) is 3.51. The highest BCUT2D eigenvalue weighted by Gasteiger charge is 2.40. The fraction of sp³-hybridized carbons (Fsp3) is 0.947. The Morgan fingerprint density at radius 2 is 1.78 bits per heavy atom. The number of likely N-dealkylation sites (tertiary alicyclic amines) is 1. The summed E-state index contributed by atoms with van der Waals surface area (Å²) < 4.78 is 6.11. The second kappa shape index (κ2) is 9.03. The van der Waals surface area contributed by atoms with Crippen molar-refractivity contribution in [1.82, 2.24) is 10.2 Å². The van der Waals surface area contributed by atoms with Crippen LogP contribution in [0, 0.1) is 0 Å². The van der Waals surface area contributed by atoms with E-state index in [1.54, 1.807) is 0 Å². The van der Waals surface area contributed by atoms with E-state index in [2.05, 4.69) is 51.8 Å². The van der Waals surface area contributed by atoms with Gasteiger partial charge in [-0.15, -0.1) is 0 Å². The average Bonchev–Trinajstić information content (AvgIpc) is 2.35. The zero-order valence-corrected chi connectivity index (χ0v) is 16.2. The molecule has 1 N–H and O–H groups in total. The van der Waals surface area contributed by atoms with E-state index in [1.165, 1.54) is 0 Å². The molecule has 1 heterocycles. The highest BCUT2D eigenvalue weighted by atomic mass is 16.5. The molecular formula is C19H38N2O2. The van der Waals surface area contributed by atoms with Crippen molar-refractivity contribution in [2.24, 2.45) is 0 Å². The summed E-state index contributed by atoms with van der Waals surface area (Å²) in [6.45, 7) is 15.6. The van der Waals surface area contributed by atoms with Gasteiger partial charge < -0.3 is 10.1 Å². The molecule has 1 atom stereocenters. The van der Waals surface area contributed by atoms with Gasteiger partial charge in [-0.25, -0.2) is 0 Å². The van der Waals surface area contributed by atoms with Gasteiger partial charge in [0.15, 0.2) is 0 Å². The monoisotopic (exact) mass is 326 g/mol. The van der Waals surface area contributed by atoms with Crippen LogP contribution in [0.4, 0.5) is 0 Å². The summed E-state index contributed by atoms with van der Waals surface area (Å²) in [4.78, 5) is 14.5. The second-order valence-electron chi connectivity index (χ2n) is 8.11. The first-order chi connectivity index (χ1) is 10.7. The highest BCUT2D eigenvalue weighted by Crippen LogP contribution is 2.27. The molecule has 23 heavy (non-hydrogen) atoms. The van der Waals surface area contributed by atoms with Crippen LogP contribution in [0.1, 0.15) is 80.1 Å². The third-order valence-electron chi connectivity index (χ3n) is 4.81. The van der Waals surface area contributed by atoms with E-state index in [1.807, 2.05) is 0 Å². The lowest BCUT2D eigenvalue weighted by Gasteiger charge is -2.48. The minimum Gasteiger partial charge on any atom is -0.375 e. The lowest BCUT2D eigenvalue weighted by Crippen LogP contribution is -2.62. The molecule has 1 fully saturated rings. The quantitative estimate of drug-likeness (QED) is 0.622. The molecule has 1 unspecified atom stereocenters. The maximum atomic E-state index is 12.3. The summed E-state index contributed by atoms with van der Waals surface area (Å²) in [6.07, 6.45) is 6.38. The van der Waals surface area contributed by atoms with Crippen molar-refractivity contribution in [1.29, 1.82) is 0 Å². The number of nitrogens with zero attached hydrogens (tertiary/aromatic N) is 1. The molecule has 0 bridgehead atoms. The molecule has 0 aromatic carbocycles. The number of rotatable bonds is 10. The van der Waals surface area contributed by atoms with Gasteiger partial charge in [-0.2, -0.15) is 0 Å². The summed E-state index contributed by atoms with van der Waals surface area (Å²) in [5.41, 5.74) is 0.0794. The van der Waals surface area contributed by atoms with Crippen LogP contribution in [0.2, 0.25) is 0 Å². The van der Waals surface area contributed by atoms with Crippen LogP contribution in [-0.2, 0) is 9.53 Å². The molecule has 0 radical (unpaired) electrons. The van der Waals surface area contributed by atoms with Crippen molar-refractivity contribution < 1.29 is 9.53 Å². The van der Waals surface area contributed by atoms with Crippen molar-refractivity contribution >= 4 is 5.91 Å². The van der Waals surface area contributed by atoms with Gasteiger partial charge in [0.25, 0.3) is 0 Å². The van der Waals surface area contributed by atoms with Crippen LogP contribution < -0.4 is 5.32 Å². The number of hydrogen-bond donors (Lipinski definition) is 1. The standard InChI is InChI=1S/C19H38N2O2/c1-7-11-19(6,12-8-2)23-15-9-13-20-17(22)16-10-14-21(16)18(3,4)5/h16H,7-15H2,1-6H3,(H,20,22). The predicted octanol–water partition coefficient (Wildman–Crippen LogP) is 3.74. The van der Waals surface area contributed by atoms with Gasteiger partial charge in [0.1, 0.15) is 0 Å². The molecule has 136 valence electrons. The maximum Gasteiger partial charge on any atom is 0.237 e. The first-order valence-corrected chi connectivity index (χ1v) is 9.42. The van der Waals surface area contributed by atoms with E-state index in [9.17, 15) is 4.79 Å². The lowest BCUT2D eigenvalue weighted by atomic mass is 9.93. The highest BCUT2D eigenvalue weighted by molar-refractivity contribution is 5.82. The molecule has 1 amide bonds. The summed E-state index contributed by atoms with van der Waals surface area (Å²) in [6, 6.07) is 0.0568. The Kier molecular flexibility index (Phi) is 8.02. The van der Waals surface area contributed by atoms with E-state index in [0.29, 0.717) is 6.54 Å². The minimum atomic E-state index is 0.00448. The molecule has 0 aliphatic carbocycles. The summed E-state index contributed by atoms with van der Waals surface area (Å²) in [5.74, 6) is 0.177. The fourth-order valence-corrected chi connectivity index (χ4v) is 3.51. The van der Waals surface area contributed by atoms with Crippen molar-refractivity contribution in [2.75, 3.05) is 19.7 Å².